The zero-order valence-corrected chi connectivity index (χ0v) is 10.7. The van der Waals surface area contributed by atoms with Crippen molar-refractivity contribution in [3.63, 3.8) is 0 Å². The highest BCUT2D eigenvalue weighted by molar-refractivity contribution is 6.32. The van der Waals surface area contributed by atoms with Gasteiger partial charge in [0.15, 0.2) is 11.5 Å². The minimum absolute atomic E-state index is 0.0967. The number of aliphatic hydroxyl groups is 1. The van der Waals surface area contributed by atoms with Crippen molar-refractivity contribution in [2.75, 3.05) is 13.4 Å². The van der Waals surface area contributed by atoms with Crippen molar-refractivity contribution in [2.24, 2.45) is 0 Å². The Labute approximate surface area is 110 Å². The number of halogens is 1. The lowest BCUT2D eigenvalue weighted by molar-refractivity contribution is 0.0914. The largest absolute Gasteiger partial charge is 0.454 e. The number of nitrogens with one attached hydrogen (secondary N) is 1. The number of amides is 1. The Bertz CT molecular complexity index is 460. The smallest absolute Gasteiger partial charge is 0.251 e. The van der Waals surface area contributed by atoms with Crippen molar-refractivity contribution >= 4 is 17.5 Å². The van der Waals surface area contributed by atoms with Crippen LogP contribution in [-0.4, -0.2) is 30.5 Å². The van der Waals surface area contributed by atoms with E-state index in [0.29, 0.717) is 28.5 Å². The number of carbonyl (C=O) groups excluding carboxylic acids is 1. The molecule has 0 fully saturated rings. The number of hydrogen-bond acceptors (Lipinski definition) is 4. The molecule has 2 N–H and O–H groups in total. The van der Waals surface area contributed by atoms with Gasteiger partial charge in [-0.2, -0.15) is 0 Å². The van der Waals surface area contributed by atoms with Crippen LogP contribution in [0.15, 0.2) is 12.1 Å². The van der Waals surface area contributed by atoms with Gasteiger partial charge in [-0.25, -0.2) is 0 Å². The lowest BCUT2D eigenvalue weighted by Gasteiger charge is -2.14. The maximum absolute atomic E-state index is 11.9. The van der Waals surface area contributed by atoms with Crippen LogP contribution in [0, 0.1) is 0 Å². The zero-order valence-electron chi connectivity index (χ0n) is 9.90. The highest BCUT2D eigenvalue weighted by Crippen LogP contribution is 2.39. The third kappa shape index (κ3) is 2.52. The van der Waals surface area contributed by atoms with Crippen LogP contribution < -0.4 is 14.8 Å². The van der Waals surface area contributed by atoms with Crippen LogP contribution in [0.2, 0.25) is 5.02 Å². The van der Waals surface area contributed by atoms with Gasteiger partial charge in [0.25, 0.3) is 5.91 Å². The highest BCUT2D eigenvalue weighted by atomic mass is 35.5. The van der Waals surface area contributed by atoms with Gasteiger partial charge in [0.05, 0.1) is 17.7 Å². The second-order valence-electron chi connectivity index (χ2n) is 3.95. The van der Waals surface area contributed by atoms with Crippen molar-refractivity contribution < 1.29 is 19.4 Å². The van der Waals surface area contributed by atoms with Gasteiger partial charge < -0.3 is 19.9 Å². The molecular formula is C12H14ClNO4. The van der Waals surface area contributed by atoms with Gasteiger partial charge in [0.2, 0.25) is 6.79 Å². The van der Waals surface area contributed by atoms with Crippen LogP contribution in [0.5, 0.6) is 11.5 Å². The molecule has 1 aromatic rings. The van der Waals surface area contributed by atoms with E-state index in [1.165, 1.54) is 6.07 Å². The molecule has 98 valence electrons. The number of rotatable bonds is 4. The zero-order chi connectivity index (χ0) is 13.1. The lowest BCUT2D eigenvalue weighted by Crippen LogP contribution is -2.36. The van der Waals surface area contributed by atoms with Crippen LogP contribution in [0.4, 0.5) is 0 Å². The Morgan fingerprint density at radius 2 is 2.33 bits per heavy atom. The van der Waals surface area contributed by atoms with E-state index in [1.807, 2.05) is 6.92 Å². The molecule has 1 aliphatic rings. The summed E-state index contributed by atoms with van der Waals surface area (Å²) in [6.45, 7) is 1.89. The fraction of sp³-hybridized carbons (Fsp3) is 0.417. The van der Waals surface area contributed by atoms with Gasteiger partial charge in [0.1, 0.15) is 0 Å². The van der Waals surface area contributed by atoms with E-state index in [-0.39, 0.29) is 25.3 Å². The normalized spacial score (nSPS) is 14.4. The summed E-state index contributed by atoms with van der Waals surface area (Å²) in [4.78, 5) is 11.9. The van der Waals surface area contributed by atoms with Crippen molar-refractivity contribution in [3.8, 4) is 11.5 Å². The molecule has 1 atom stereocenters. The minimum atomic E-state index is -0.295. The van der Waals surface area contributed by atoms with Gasteiger partial charge in [-0.1, -0.05) is 18.5 Å². The fourth-order valence-electron chi connectivity index (χ4n) is 1.64. The molecule has 5 nitrogen and oxygen atoms in total. The highest BCUT2D eigenvalue weighted by Gasteiger charge is 2.21. The molecular weight excluding hydrogens is 258 g/mol. The van der Waals surface area contributed by atoms with Gasteiger partial charge in [0, 0.05) is 5.56 Å². The molecule has 1 aliphatic heterocycles. The Balaban J connectivity index is 2.19. The maximum Gasteiger partial charge on any atom is 0.251 e. The third-order valence-corrected chi connectivity index (χ3v) is 3.02. The van der Waals surface area contributed by atoms with E-state index in [9.17, 15) is 4.79 Å². The molecule has 2 rings (SSSR count). The van der Waals surface area contributed by atoms with E-state index in [4.69, 9.17) is 26.2 Å². The Morgan fingerprint density at radius 3 is 3.00 bits per heavy atom. The molecule has 1 aromatic carbocycles. The predicted octanol–water partition coefficient (Wildman–Crippen LogP) is 1.57. The standard InChI is InChI=1S/C12H14ClNO4/c1-2-8(5-15)14-12(16)7-3-9(13)11-10(4-7)17-6-18-11/h3-4,8,15H,2,5-6H2,1H3,(H,14,16). The van der Waals surface area contributed by atoms with Gasteiger partial charge in [-0.05, 0) is 18.6 Å². The van der Waals surface area contributed by atoms with Gasteiger partial charge >= 0.3 is 0 Å². The first-order chi connectivity index (χ1) is 8.65. The molecule has 18 heavy (non-hydrogen) atoms. The summed E-state index contributed by atoms with van der Waals surface area (Å²) < 4.78 is 10.4. The van der Waals surface area contributed by atoms with Crippen LogP contribution in [0.3, 0.4) is 0 Å². The third-order valence-electron chi connectivity index (χ3n) is 2.74. The molecule has 0 aliphatic carbocycles. The van der Waals surface area contributed by atoms with Crippen molar-refractivity contribution in [3.05, 3.63) is 22.7 Å². The number of ether oxygens (including phenoxy) is 2. The first kappa shape index (κ1) is 13.0. The number of fused-ring (bicyclic) bond motifs is 1. The Morgan fingerprint density at radius 1 is 1.56 bits per heavy atom. The molecule has 0 bridgehead atoms. The van der Waals surface area contributed by atoms with Crippen LogP contribution >= 0.6 is 11.6 Å². The molecule has 1 heterocycles. The first-order valence-corrected chi connectivity index (χ1v) is 6.04. The van der Waals surface area contributed by atoms with E-state index in [1.54, 1.807) is 6.07 Å². The quantitative estimate of drug-likeness (QED) is 0.872. The summed E-state index contributed by atoms with van der Waals surface area (Å²) in [6.07, 6.45) is 0.653. The van der Waals surface area contributed by atoms with Crippen LogP contribution in [0.1, 0.15) is 23.7 Å². The van der Waals surface area contributed by atoms with E-state index in [2.05, 4.69) is 5.32 Å². The number of benzene rings is 1. The summed E-state index contributed by atoms with van der Waals surface area (Å²) in [5, 5.41) is 12.1. The number of carbonyl (C=O) groups is 1. The predicted molar refractivity (Wildman–Crippen MR) is 66.2 cm³/mol. The molecule has 0 saturated carbocycles. The second-order valence-corrected chi connectivity index (χ2v) is 4.36. The molecule has 0 saturated heterocycles. The van der Waals surface area contributed by atoms with Crippen LogP contribution in [0.25, 0.3) is 0 Å². The average molecular weight is 272 g/mol. The van der Waals surface area contributed by atoms with Gasteiger partial charge in [-0.3, -0.25) is 4.79 Å². The van der Waals surface area contributed by atoms with Gasteiger partial charge in [-0.15, -0.1) is 0 Å². The summed E-state index contributed by atoms with van der Waals surface area (Å²) >= 11 is 5.99. The molecule has 0 aromatic heterocycles. The molecule has 6 heteroatoms. The topological polar surface area (TPSA) is 67.8 Å². The van der Waals surface area contributed by atoms with E-state index < -0.39 is 0 Å². The van der Waals surface area contributed by atoms with Crippen LogP contribution in [-0.2, 0) is 0 Å². The molecule has 0 radical (unpaired) electrons. The Hall–Kier alpha value is -1.46. The summed E-state index contributed by atoms with van der Waals surface area (Å²) in [6, 6.07) is 2.84. The SMILES string of the molecule is CCC(CO)NC(=O)c1cc(Cl)c2c(c1)OCO2. The monoisotopic (exact) mass is 271 g/mol. The van der Waals surface area contributed by atoms with Crippen molar-refractivity contribution in [1.29, 1.82) is 0 Å². The first-order valence-electron chi connectivity index (χ1n) is 5.66. The Kier molecular flexibility index (Phi) is 3.93. The summed E-state index contributed by atoms with van der Waals surface area (Å²) in [7, 11) is 0. The molecule has 0 spiro atoms. The van der Waals surface area contributed by atoms with Crippen molar-refractivity contribution in [1.82, 2.24) is 5.32 Å². The van der Waals surface area contributed by atoms with E-state index >= 15 is 0 Å². The summed E-state index contributed by atoms with van der Waals surface area (Å²) in [5.41, 5.74) is 0.385. The number of hydrogen-bond donors (Lipinski definition) is 2. The van der Waals surface area contributed by atoms with Crippen molar-refractivity contribution in [2.45, 2.75) is 19.4 Å². The lowest BCUT2D eigenvalue weighted by atomic mass is 10.1. The fourth-order valence-corrected chi connectivity index (χ4v) is 1.91. The second kappa shape index (κ2) is 5.46. The molecule has 1 amide bonds. The molecule has 1 unspecified atom stereocenters. The minimum Gasteiger partial charge on any atom is -0.454 e. The average Bonchev–Trinajstić information content (AvgIpc) is 2.84. The maximum atomic E-state index is 11.9. The summed E-state index contributed by atoms with van der Waals surface area (Å²) in [5.74, 6) is 0.628. The number of aliphatic hydroxyl groups excluding tert-OH is 1. The van der Waals surface area contributed by atoms with E-state index in [0.717, 1.165) is 0 Å².